The number of fused-ring (bicyclic) bond motifs is 1. The smallest absolute Gasteiger partial charge is 0.191 e. The fourth-order valence-electron chi connectivity index (χ4n) is 3.71. The zero-order valence-electron chi connectivity index (χ0n) is 17.2. The minimum atomic E-state index is 0. The Hall–Kier alpha value is -1.87. The van der Waals surface area contributed by atoms with Gasteiger partial charge in [0.05, 0.1) is 17.8 Å². The minimum absolute atomic E-state index is 0. The largest absolute Gasteiger partial charge is 0.469 e. The van der Waals surface area contributed by atoms with Gasteiger partial charge in [-0.3, -0.25) is 4.99 Å². The molecule has 30 heavy (non-hydrogen) atoms. The van der Waals surface area contributed by atoms with Gasteiger partial charge in [-0.1, -0.05) is 31.2 Å². The van der Waals surface area contributed by atoms with Crippen LogP contribution >= 0.6 is 35.3 Å². The highest BCUT2D eigenvalue weighted by atomic mass is 127. The van der Waals surface area contributed by atoms with Gasteiger partial charge in [0.15, 0.2) is 5.96 Å². The van der Waals surface area contributed by atoms with Crippen LogP contribution in [0.1, 0.15) is 41.2 Å². The van der Waals surface area contributed by atoms with Crippen molar-refractivity contribution in [3.05, 3.63) is 76.1 Å². The number of benzene rings is 1. The highest BCUT2D eigenvalue weighted by Crippen LogP contribution is 2.21. The molecule has 4 rings (SSSR count). The lowest BCUT2D eigenvalue weighted by molar-refractivity contribution is 0.501. The Morgan fingerprint density at radius 3 is 2.90 bits per heavy atom. The van der Waals surface area contributed by atoms with E-state index >= 15 is 0 Å². The Morgan fingerprint density at radius 2 is 2.13 bits per heavy atom. The van der Waals surface area contributed by atoms with Crippen molar-refractivity contribution in [3.8, 4) is 0 Å². The molecule has 2 unspecified atom stereocenters. The van der Waals surface area contributed by atoms with Crippen LogP contribution in [0.5, 0.6) is 0 Å². The van der Waals surface area contributed by atoms with Crippen molar-refractivity contribution in [2.75, 3.05) is 13.1 Å². The van der Waals surface area contributed by atoms with Crippen LogP contribution in [0.4, 0.5) is 0 Å². The fourth-order valence-corrected chi connectivity index (χ4v) is 4.40. The topological polar surface area (TPSA) is 62.5 Å². The first-order valence-electron chi connectivity index (χ1n) is 10.3. The molecule has 0 fully saturated rings. The number of furan rings is 1. The fraction of sp³-hybridized carbons (Fsp3) is 0.391. The Bertz CT molecular complexity index is 911. The number of rotatable bonds is 7. The van der Waals surface area contributed by atoms with E-state index in [9.17, 15) is 0 Å². The zero-order valence-corrected chi connectivity index (χ0v) is 20.4. The predicted octanol–water partition coefficient (Wildman–Crippen LogP) is 4.79. The Kier molecular flexibility index (Phi) is 8.74. The van der Waals surface area contributed by atoms with Crippen molar-refractivity contribution in [2.45, 2.75) is 44.6 Å². The highest BCUT2D eigenvalue weighted by molar-refractivity contribution is 14.0. The maximum atomic E-state index is 5.44. The number of hydrogen-bond donors (Lipinski definition) is 2. The second-order valence-corrected chi connectivity index (χ2v) is 8.50. The molecule has 0 radical (unpaired) electrons. The quantitative estimate of drug-likeness (QED) is 0.259. The number of nitrogens with one attached hydrogen (secondary N) is 2. The van der Waals surface area contributed by atoms with Crippen LogP contribution in [-0.4, -0.2) is 30.1 Å². The molecule has 2 atom stereocenters. The van der Waals surface area contributed by atoms with Gasteiger partial charge in [0.25, 0.3) is 0 Å². The van der Waals surface area contributed by atoms with Crippen molar-refractivity contribution in [2.24, 2.45) is 4.99 Å². The van der Waals surface area contributed by atoms with Crippen molar-refractivity contribution < 1.29 is 4.42 Å². The number of nitrogens with zero attached hydrogens (tertiary/aromatic N) is 2. The molecule has 0 saturated heterocycles. The van der Waals surface area contributed by atoms with E-state index in [1.807, 2.05) is 23.7 Å². The molecule has 7 heteroatoms. The summed E-state index contributed by atoms with van der Waals surface area (Å²) in [4.78, 5) is 9.31. The number of guanidine groups is 1. The summed E-state index contributed by atoms with van der Waals surface area (Å²) in [6, 6.07) is 13.1. The summed E-state index contributed by atoms with van der Waals surface area (Å²) in [5, 5.41) is 10.3. The summed E-state index contributed by atoms with van der Waals surface area (Å²) in [6.07, 6.45) is 7.69. The lowest BCUT2D eigenvalue weighted by atomic mass is 9.88. The van der Waals surface area contributed by atoms with Crippen LogP contribution in [0.25, 0.3) is 0 Å². The monoisotopic (exact) mass is 536 g/mol. The molecule has 1 aromatic carbocycles. The molecule has 0 amide bonds. The Labute approximate surface area is 199 Å². The van der Waals surface area contributed by atoms with Gasteiger partial charge < -0.3 is 15.1 Å². The van der Waals surface area contributed by atoms with Crippen molar-refractivity contribution in [1.82, 2.24) is 15.6 Å². The first-order valence-corrected chi connectivity index (χ1v) is 11.2. The summed E-state index contributed by atoms with van der Waals surface area (Å²) < 4.78 is 5.44. The van der Waals surface area contributed by atoms with Gasteiger partial charge in [0.1, 0.15) is 5.76 Å². The van der Waals surface area contributed by atoms with E-state index in [4.69, 9.17) is 9.41 Å². The second kappa shape index (κ2) is 11.5. The molecule has 2 aromatic heterocycles. The summed E-state index contributed by atoms with van der Waals surface area (Å²) in [7, 11) is 0. The van der Waals surface area contributed by atoms with E-state index in [1.165, 1.54) is 11.1 Å². The Morgan fingerprint density at radius 1 is 1.27 bits per heavy atom. The van der Waals surface area contributed by atoms with E-state index in [0.29, 0.717) is 18.5 Å². The van der Waals surface area contributed by atoms with Gasteiger partial charge in [0.2, 0.25) is 0 Å². The number of halogens is 1. The average Bonchev–Trinajstić information content (AvgIpc) is 3.46. The summed E-state index contributed by atoms with van der Waals surface area (Å²) in [5.41, 5.74) is 2.93. The Balaban J connectivity index is 0.00000256. The van der Waals surface area contributed by atoms with Crippen LogP contribution in [0.15, 0.2) is 63.6 Å². The highest BCUT2D eigenvalue weighted by Gasteiger charge is 2.19. The number of aliphatic imine (C=N–C) groups is 1. The molecule has 1 aliphatic carbocycles. The molecule has 1 aliphatic rings. The third-order valence-corrected chi connectivity index (χ3v) is 6.33. The molecule has 5 nitrogen and oxygen atoms in total. The van der Waals surface area contributed by atoms with E-state index in [2.05, 4.69) is 46.8 Å². The molecule has 3 aromatic rings. The lowest BCUT2D eigenvalue weighted by Crippen LogP contribution is -2.46. The average molecular weight is 536 g/mol. The summed E-state index contributed by atoms with van der Waals surface area (Å²) >= 11 is 1.69. The maximum absolute atomic E-state index is 5.44. The van der Waals surface area contributed by atoms with Crippen LogP contribution in [-0.2, 0) is 19.3 Å². The van der Waals surface area contributed by atoms with E-state index in [1.54, 1.807) is 17.6 Å². The van der Waals surface area contributed by atoms with Gasteiger partial charge in [-0.25, -0.2) is 4.98 Å². The van der Waals surface area contributed by atoms with Crippen molar-refractivity contribution in [1.29, 1.82) is 0 Å². The lowest BCUT2D eigenvalue weighted by Gasteiger charge is -2.27. The molecular formula is C23H29IN4OS. The second-order valence-electron chi connectivity index (χ2n) is 7.57. The van der Waals surface area contributed by atoms with Gasteiger partial charge in [0, 0.05) is 36.5 Å². The van der Waals surface area contributed by atoms with Crippen molar-refractivity contribution >= 4 is 41.3 Å². The third-order valence-electron chi connectivity index (χ3n) is 5.33. The van der Waals surface area contributed by atoms with Gasteiger partial charge >= 0.3 is 0 Å². The van der Waals surface area contributed by atoms with Crippen LogP contribution < -0.4 is 10.6 Å². The minimum Gasteiger partial charge on any atom is -0.469 e. The molecule has 2 N–H and O–H groups in total. The molecule has 0 aliphatic heterocycles. The predicted molar refractivity (Wildman–Crippen MR) is 134 cm³/mol. The van der Waals surface area contributed by atoms with Crippen LogP contribution in [0.3, 0.4) is 0 Å². The molecule has 0 bridgehead atoms. The van der Waals surface area contributed by atoms with Crippen LogP contribution in [0.2, 0.25) is 0 Å². The number of thiazole rings is 1. The van der Waals surface area contributed by atoms with Crippen LogP contribution in [0, 0.1) is 0 Å². The number of aromatic nitrogens is 1. The molecule has 2 heterocycles. The molecule has 0 spiro atoms. The molecule has 0 saturated carbocycles. The van der Waals surface area contributed by atoms with E-state index in [-0.39, 0.29) is 24.0 Å². The van der Waals surface area contributed by atoms with Gasteiger partial charge in [-0.05, 0) is 42.5 Å². The first kappa shape index (κ1) is 22.8. The molecule has 160 valence electrons. The van der Waals surface area contributed by atoms with Gasteiger partial charge in [-0.2, -0.15) is 0 Å². The summed E-state index contributed by atoms with van der Waals surface area (Å²) in [5.74, 6) is 2.18. The normalized spacial score (nSPS) is 17.0. The SMILES string of the molecule is CC(CN=C(NCCc1ccco1)NC1CCc2ccccc2C1)c1nccs1.I. The van der Waals surface area contributed by atoms with E-state index < -0.39 is 0 Å². The standard InChI is InChI=1S/C23H28N4OS.HI/c1-17(22-24-12-14-29-22)16-26-23(25-11-10-21-7-4-13-28-21)27-20-9-8-18-5-2-3-6-19(18)15-20;/h2-7,12-14,17,20H,8-11,15-16H2,1H3,(H2,25,26,27);1H. The number of hydrogen-bond acceptors (Lipinski definition) is 4. The zero-order chi connectivity index (χ0) is 19.9. The molecular weight excluding hydrogens is 507 g/mol. The van der Waals surface area contributed by atoms with Crippen molar-refractivity contribution in [3.63, 3.8) is 0 Å². The van der Waals surface area contributed by atoms with Gasteiger partial charge in [-0.15, -0.1) is 35.3 Å². The van der Waals surface area contributed by atoms with E-state index in [0.717, 1.165) is 49.0 Å². The summed E-state index contributed by atoms with van der Waals surface area (Å²) in [6.45, 7) is 3.68. The maximum Gasteiger partial charge on any atom is 0.191 e. The first-order chi connectivity index (χ1) is 14.3. The number of aryl methyl sites for hydroxylation is 1. The third kappa shape index (κ3) is 6.31.